The molecule has 1 fully saturated rings. The Morgan fingerprint density at radius 1 is 1.69 bits per heavy atom. The lowest BCUT2D eigenvalue weighted by Crippen LogP contribution is -2.16. The van der Waals surface area contributed by atoms with E-state index in [2.05, 4.69) is 23.4 Å². The van der Waals surface area contributed by atoms with Crippen LogP contribution in [0.3, 0.4) is 0 Å². The zero-order valence-corrected chi connectivity index (χ0v) is 8.38. The fraction of sp³-hybridized carbons (Fsp3) is 0.700. The first-order chi connectivity index (χ1) is 6.31. The first-order valence-electron chi connectivity index (χ1n) is 5.07. The Kier molecular flexibility index (Phi) is 2.36. The van der Waals surface area contributed by atoms with Crippen molar-refractivity contribution in [3.8, 4) is 0 Å². The average molecular weight is 179 g/mol. The summed E-state index contributed by atoms with van der Waals surface area (Å²) >= 11 is 0. The molecule has 1 atom stereocenters. The predicted molar refractivity (Wildman–Crippen MR) is 52.6 cm³/mol. The number of nitrogens with zero attached hydrogens (tertiary/aromatic N) is 2. The highest BCUT2D eigenvalue weighted by molar-refractivity contribution is 5.15. The Labute approximate surface area is 79.1 Å². The Morgan fingerprint density at radius 2 is 2.54 bits per heavy atom. The SMILES string of the molecule is CCc1cc(C2CCCN2)n(C)n1. The summed E-state index contributed by atoms with van der Waals surface area (Å²) in [6.07, 6.45) is 3.57. The Bertz CT molecular complexity index is 284. The molecule has 0 aliphatic carbocycles. The third-order valence-electron chi connectivity index (χ3n) is 2.75. The van der Waals surface area contributed by atoms with Gasteiger partial charge in [-0.25, -0.2) is 0 Å². The number of hydrogen-bond donors (Lipinski definition) is 1. The van der Waals surface area contributed by atoms with E-state index in [4.69, 9.17) is 0 Å². The van der Waals surface area contributed by atoms with Gasteiger partial charge in [0, 0.05) is 13.1 Å². The summed E-state index contributed by atoms with van der Waals surface area (Å²) in [7, 11) is 2.04. The van der Waals surface area contributed by atoms with E-state index in [1.165, 1.54) is 24.2 Å². The molecule has 1 aromatic rings. The van der Waals surface area contributed by atoms with Crippen molar-refractivity contribution in [2.45, 2.75) is 32.2 Å². The minimum Gasteiger partial charge on any atom is -0.309 e. The van der Waals surface area contributed by atoms with Crippen LogP contribution in [0.4, 0.5) is 0 Å². The largest absolute Gasteiger partial charge is 0.309 e. The van der Waals surface area contributed by atoms with Crippen LogP contribution in [0.5, 0.6) is 0 Å². The lowest BCUT2D eigenvalue weighted by molar-refractivity contribution is 0.573. The molecule has 2 heterocycles. The van der Waals surface area contributed by atoms with Crippen molar-refractivity contribution in [2.24, 2.45) is 7.05 Å². The van der Waals surface area contributed by atoms with Crippen LogP contribution in [0.25, 0.3) is 0 Å². The van der Waals surface area contributed by atoms with Crippen LogP contribution >= 0.6 is 0 Å². The maximum absolute atomic E-state index is 4.45. The van der Waals surface area contributed by atoms with E-state index in [0.717, 1.165) is 13.0 Å². The molecule has 0 spiro atoms. The van der Waals surface area contributed by atoms with Gasteiger partial charge in [-0.15, -0.1) is 0 Å². The van der Waals surface area contributed by atoms with E-state index in [-0.39, 0.29) is 0 Å². The first-order valence-corrected chi connectivity index (χ1v) is 5.07. The lowest BCUT2D eigenvalue weighted by Gasteiger charge is -2.09. The summed E-state index contributed by atoms with van der Waals surface area (Å²) in [6.45, 7) is 3.30. The Morgan fingerprint density at radius 3 is 3.08 bits per heavy atom. The molecule has 2 rings (SSSR count). The number of rotatable bonds is 2. The van der Waals surface area contributed by atoms with Crippen LogP contribution in [0.15, 0.2) is 6.07 Å². The van der Waals surface area contributed by atoms with Gasteiger partial charge in [0.1, 0.15) is 0 Å². The van der Waals surface area contributed by atoms with Crippen LogP contribution in [-0.4, -0.2) is 16.3 Å². The molecular weight excluding hydrogens is 162 g/mol. The van der Waals surface area contributed by atoms with Gasteiger partial charge in [0.15, 0.2) is 0 Å². The summed E-state index contributed by atoms with van der Waals surface area (Å²) in [5.41, 5.74) is 2.54. The fourth-order valence-corrected chi connectivity index (χ4v) is 1.98. The summed E-state index contributed by atoms with van der Waals surface area (Å²) < 4.78 is 2.02. The molecule has 0 radical (unpaired) electrons. The smallest absolute Gasteiger partial charge is 0.0625 e. The van der Waals surface area contributed by atoms with Crippen LogP contribution in [-0.2, 0) is 13.5 Å². The van der Waals surface area contributed by atoms with Crippen LogP contribution in [0.2, 0.25) is 0 Å². The van der Waals surface area contributed by atoms with E-state index >= 15 is 0 Å². The Hall–Kier alpha value is -0.830. The van der Waals surface area contributed by atoms with Gasteiger partial charge in [-0.2, -0.15) is 5.10 Å². The van der Waals surface area contributed by atoms with Crippen LogP contribution in [0.1, 0.15) is 37.2 Å². The number of aryl methyl sites for hydroxylation is 2. The van der Waals surface area contributed by atoms with Gasteiger partial charge in [0.05, 0.1) is 11.4 Å². The first kappa shape index (κ1) is 8.75. The van der Waals surface area contributed by atoms with Gasteiger partial charge in [0.25, 0.3) is 0 Å². The third kappa shape index (κ3) is 1.61. The highest BCUT2D eigenvalue weighted by Gasteiger charge is 2.19. The number of hydrogen-bond acceptors (Lipinski definition) is 2. The molecule has 1 N–H and O–H groups in total. The topological polar surface area (TPSA) is 29.9 Å². The lowest BCUT2D eigenvalue weighted by atomic mass is 10.1. The molecule has 1 aliphatic heterocycles. The van der Waals surface area contributed by atoms with Gasteiger partial charge in [-0.3, -0.25) is 4.68 Å². The molecule has 1 unspecified atom stereocenters. The number of nitrogens with one attached hydrogen (secondary N) is 1. The van der Waals surface area contributed by atoms with E-state index < -0.39 is 0 Å². The van der Waals surface area contributed by atoms with Crippen LogP contribution < -0.4 is 5.32 Å². The monoisotopic (exact) mass is 179 g/mol. The van der Waals surface area contributed by atoms with E-state index in [9.17, 15) is 0 Å². The summed E-state index contributed by atoms with van der Waals surface area (Å²) in [5.74, 6) is 0. The van der Waals surface area contributed by atoms with Crippen molar-refractivity contribution in [3.05, 3.63) is 17.5 Å². The van der Waals surface area contributed by atoms with Gasteiger partial charge < -0.3 is 5.32 Å². The average Bonchev–Trinajstić information content (AvgIpc) is 2.72. The second-order valence-corrected chi connectivity index (χ2v) is 3.69. The zero-order valence-electron chi connectivity index (χ0n) is 8.38. The van der Waals surface area contributed by atoms with E-state index in [1.807, 2.05) is 11.7 Å². The maximum Gasteiger partial charge on any atom is 0.0625 e. The minimum absolute atomic E-state index is 0.540. The van der Waals surface area contributed by atoms with E-state index in [1.54, 1.807) is 0 Å². The van der Waals surface area contributed by atoms with Gasteiger partial charge in [-0.1, -0.05) is 6.92 Å². The molecule has 0 saturated carbocycles. The van der Waals surface area contributed by atoms with Crippen molar-refractivity contribution in [1.29, 1.82) is 0 Å². The van der Waals surface area contributed by atoms with Crippen molar-refractivity contribution in [3.63, 3.8) is 0 Å². The molecule has 1 aliphatic rings. The molecule has 0 amide bonds. The normalized spacial score (nSPS) is 22.5. The van der Waals surface area contributed by atoms with Crippen molar-refractivity contribution < 1.29 is 0 Å². The zero-order chi connectivity index (χ0) is 9.26. The minimum atomic E-state index is 0.540. The second-order valence-electron chi connectivity index (χ2n) is 3.69. The van der Waals surface area contributed by atoms with Gasteiger partial charge in [0.2, 0.25) is 0 Å². The van der Waals surface area contributed by atoms with Crippen molar-refractivity contribution in [2.75, 3.05) is 6.54 Å². The summed E-state index contributed by atoms with van der Waals surface area (Å²) in [4.78, 5) is 0. The van der Waals surface area contributed by atoms with Gasteiger partial charge in [-0.05, 0) is 31.9 Å². The van der Waals surface area contributed by atoms with E-state index in [0.29, 0.717) is 6.04 Å². The van der Waals surface area contributed by atoms with Crippen molar-refractivity contribution in [1.82, 2.24) is 15.1 Å². The standard InChI is InChI=1S/C10H17N3/c1-3-8-7-10(13(2)12-8)9-5-4-6-11-9/h7,9,11H,3-6H2,1-2H3. The summed E-state index contributed by atoms with van der Waals surface area (Å²) in [5, 5.41) is 7.94. The van der Waals surface area contributed by atoms with Gasteiger partial charge >= 0.3 is 0 Å². The molecule has 1 saturated heterocycles. The number of aromatic nitrogens is 2. The predicted octanol–water partition coefficient (Wildman–Crippen LogP) is 1.41. The molecule has 3 heteroatoms. The Balaban J connectivity index is 2.22. The molecule has 1 aromatic heterocycles. The highest BCUT2D eigenvalue weighted by atomic mass is 15.3. The third-order valence-corrected chi connectivity index (χ3v) is 2.75. The second kappa shape index (κ2) is 3.50. The molecule has 0 bridgehead atoms. The molecule has 0 aromatic carbocycles. The fourth-order valence-electron chi connectivity index (χ4n) is 1.98. The quantitative estimate of drug-likeness (QED) is 0.744. The summed E-state index contributed by atoms with van der Waals surface area (Å²) in [6, 6.07) is 2.76. The molecule has 13 heavy (non-hydrogen) atoms. The van der Waals surface area contributed by atoms with Crippen LogP contribution in [0, 0.1) is 0 Å². The van der Waals surface area contributed by atoms with Crippen molar-refractivity contribution >= 4 is 0 Å². The molecular formula is C10H17N3. The molecule has 72 valence electrons. The highest BCUT2D eigenvalue weighted by Crippen LogP contribution is 2.23. The molecule has 3 nitrogen and oxygen atoms in total. The maximum atomic E-state index is 4.45.